The second-order valence-corrected chi connectivity index (χ2v) is 8.26. The van der Waals surface area contributed by atoms with E-state index >= 15 is 0 Å². The number of thioether (sulfide) groups is 1. The van der Waals surface area contributed by atoms with Crippen LogP contribution in [0.5, 0.6) is 11.5 Å². The zero-order valence-corrected chi connectivity index (χ0v) is 20.2. The molecule has 2 aromatic carbocycles. The molecule has 0 fully saturated rings. The SMILES string of the molecule is C=CCn1c(COc2ccc(C)cc2OCC)nnc1SCC(=O)Nc1ccccc1CC. The Kier molecular flexibility index (Phi) is 8.95. The molecule has 0 unspecified atom stereocenters. The summed E-state index contributed by atoms with van der Waals surface area (Å²) < 4.78 is 13.6. The zero-order chi connectivity index (χ0) is 23.6. The van der Waals surface area contributed by atoms with E-state index in [1.807, 2.05) is 60.9 Å². The highest BCUT2D eigenvalue weighted by Crippen LogP contribution is 2.29. The lowest BCUT2D eigenvalue weighted by atomic mass is 10.1. The van der Waals surface area contributed by atoms with E-state index < -0.39 is 0 Å². The Labute approximate surface area is 199 Å². The molecule has 7 nitrogen and oxygen atoms in total. The molecule has 8 heteroatoms. The van der Waals surface area contributed by atoms with Gasteiger partial charge in [-0.25, -0.2) is 0 Å². The molecule has 0 saturated carbocycles. The molecule has 1 heterocycles. The summed E-state index contributed by atoms with van der Waals surface area (Å²) in [4.78, 5) is 12.5. The summed E-state index contributed by atoms with van der Waals surface area (Å²) in [5.74, 6) is 2.13. The molecule has 0 aliphatic carbocycles. The van der Waals surface area contributed by atoms with Gasteiger partial charge >= 0.3 is 0 Å². The van der Waals surface area contributed by atoms with Gasteiger partial charge in [-0.2, -0.15) is 0 Å². The number of allylic oxidation sites excluding steroid dienone is 1. The quantitative estimate of drug-likeness (QED) is 0.297. The maximum absolute atomic E-state index is 12.5. The highest BCUT2D eigenvalue weighted by molar-refractivity contribution is 7.99. The fraction of sp³-hybridized carbons (Fsp3) is 0.320. The summed E-state index contributed by atoms with van der Waals surface area (Å²) in [5.41, 5.74) is 3.04. The molecule has 1 aromatic heterocycles. The van der Waals surface area contributed by atoms with Gasteiger partial charge in [-0.3, -0.25) is 9.36 Å². The number of para-hydroxylation sites is 1. The Hall–Kier alpha value is -3.26. The van der Waals surface area contributed by atoms with E-state index in [2.05, 4.69) is 29.0 Å². The van der Waals surface area contributed by atoms with Gasteiger partial charge in [0.25, 0.3) is 0 Å². The summed E-state index contributed by atoms with van der Waals surface area (Å²) in [6.45, 7) is 11.1. The van der Waals surface area contributed by atoms with Gasteiger partial charge in [0.05, 0.1) is 12.4 Å². The van der Waals surface area contributed by atoms with Gasteiger partial charge in [-0.1, -0.05) is 49.0 Å². The number of hydrogen-bond acceptors (Lipinski definition) is 6. The highest BCUT2D eigenvalue weighted by Gasteiger charge is 2.16. The minimum Gasteiger partial charge on any atom is -0.490 e. The molecular formula is C25H30N4O3S. The monoisotopic (exact) mass is 466 g/mol. The summed E-state index contributed by atoms with van der Waals surface area (Å²) in [6.07, 6.45) is 2.62. The topological polar surface area (TPSA) is 78.3 Å². The molecule has 0 atom stereocenters. The second-order valence-electron chi connectivity index (χ2n) is 7.32. The van der Waals surface area contributed by atoms with Crippen molar-refractivity contribution in [3.05, 3.63) is 72.1 Å². The van der Waals surface area contributed by atoms with Gasteiger partial charge in [0.15, 0.2) is 22.5 Å². The van der Waals surface area contributed by atoms with Crippen LogP contribution in [0.1, 0.15) is 30.8 Å². The summed E-state index contributed by atoms with van der Waals surface area (Å²) in [6, 6.07) is 13.6. The Morgan fingerprint density at radius 3 is 2.73 bits per heavy atom. The zero-order valence-electron chi connectivity index (χ0n) is 19.3. The smallest absolute Gasteiger partial charge is 0.234 e. The van der Waals surface area contributed by atoms with Crippen molar-refractivity contribution < 1.29 is 14.3 Å². The molecule has 0 radical (unpaired) electrons. The first-order chi connectivity index (χ1) is 16.0. The van der Waals surface area contributed by atoms with E-state index in [1.54, 1.807) is 6.08 Å². The van der Waals surface area contributed by atoms with Crippen LogP contribution in [0.2, 0.25) is 0 Å². The first-order valence-electron chi connectivity index (χ1n) is 10.9. The van der Waals surface area contributed by atoms with Crippen molar-refractivity contribution in [1.82, 2.24) is 14.8 Å². The Morgan fingerprint density at radius 2 is 1.97 bits per heavy atom. The largest absolute Gasteiger partial charge is 0.490 e. The third kappa shape index (κ3) is 6.61. The van der Waals surface area contributed by atoms with Crippen LogP contribution >= 0.6 is 11.8 Å². The van der Waals surface area contributed by atoms with E-state index in [0.29, 0.717) is 35.6 Å². The van der Waals surface area contributed by atoms with Crippen LogP contribution in [0.4, 0.5) is 5.69 Å². The van der Waals surface area contributed by atoms with Gasteiger partial charge in [-0.05, 0) is 49.6 Å². The minimum absolute atomic E-state index is 0.0899. The normalized spacial score (nSPS) is 10.6. The first-order valence-corrected chi connectivity index (χ1v) is 11.9. The number of aromatic nitrogens is 3. The molecule has 0 aliphatic rings. The number of rotatable bonds is 12. The maximum Gasteiger partial charge on any atom is 0.234 e. The summed E-state index contributed by atoms with van der Waals surface area (Å²) in [5, 5.41) is 12.2. The van der Waals surface area contributed by atoms with Crippen LogP contribution in [0, 0.1) is 6.92 Å². The Bertz CT molecular complexity index is 1100. The molecule has 0 saturated heterocycles. The van der Waals surface area contributed by atoms with Gasteiger partial charge in [-0.15, -0.1) is 16.8 Å². The number of benzene rings is 2. The predicted octanol–water partition coefficient (Wildman–Crippen LogP) is 5.04. The number of nitrogens with zero attached hydrogens (tertiary/aromatic N) is 3. The molecule has 1 N–H and O–H groups in total. The maximum atomic E-state index is 12.5. The number of carbonyl (C=O) groups is 1. The van der Waals surface area contributed by atoms with Crippen molar-refractivity contribution >= 4 is 23.4 Å². The number of nitrogens with one attached hydrogen (secondary N) is 1. The molecule has 0 bridgehead atoms. The third-order valence-electron chi connectivity index (χ3n) is 4.87. The van der Waals surface area contributed by atoms with E-state index in [1.165, 1.54) is 11.8 Å². The first kappa shape index (κ1) is 24.4. The van der Waals surface area contributed by atoms with Crippen LogP contribution in [0.3, 0.4) is 0 Å². The highest BCUT2D eigenvalue weighted by atomic mass is 32.2. The van der Waals surface area contributed by atoms with Gasteiger partial charge in [0.1, 0.15) is 6.61 Å². The molecule has 33 heavy (non-hydrogen) atoms. The average Bonchev–Trinajstić information content (AvgIpc) is 3.19. The number of anilines is 1. The lowest BCUT2D eigenvalue weighted by Gasteiger charge is -2.13. The minimum atomic E-state index is -0.0899. The van der Waals surface area contributed by atoms with Gasteiger partial charge < -0.3 is 14.8 Å². The van der Waals surface area contributed by atoms with Crippen molar-refractivity contribution in [3.8, 4) is 11.5 Å². The van der Waals surface area contributed by atoms with Crippen molar-refractivity contribution in [3.63, 3.8) is 0 Å². The number of ether oxygens (including phenoxy) is 2. The molecule has 174 valence electrons. The van der Waals surface area contributed by atoms with Gasteiger partial charge in [0.2, 0.25) is 5.91 Å². The Morgan fingerprint density at radius 1 is 1.15 bits per heavy atom. The predicted molar refractivity (Wildman–Crippen MR) is 132 cm³/mol. The number of hydrogen-bond donors (Lipinski definition) is 1. The van der Waals surface area contributed by atoms with E-state index in [9.17, 15) is 4.79 Å². The number of carbonyl (C=O) groups excluding carboxylic acids is 1. The van der Waals surface area contributed by atoms with E-state index in [4.69, 9.17) is 9.47 Å². The van der Waals surface area contributed by atoms with Crippen LogP contribution in [-0.4, -0.2) is 33.0 Å². The van der Waals surface area contributed by atoms with Crippen LogP contribution in [0.25, 0.3) is 0 Å². The van der Waals surface area contributed by atoms with E-state index in [-0.39, 0.29) is 18.3 Å². The van der Waals surface area contributed by atoms with Crippen LogP contribution < -0.4 is 14.8 Å². The Balaban J connectivity index is 1.66. The molecule has 0 aliphatic heterocycles. The lowest BCUT2D eigenvalue weighted by Crippen LogP contribution is -2.16. The molecule has 0 spiro atoms. The van der Waals surface area contributed by atoms with Crippen molar-refractivity contribution in [2.75, 3.05) is 17.7 Å². The average molecular weight is 467 g/mol. The molecule has 3 rings (SSSR count). The second kappa shape index (κ2) is 12.1. The third-order valence-corrected chi connectivity index (χ3v) is 5.83. The van der Waals surface area contributed by atoms with Crippen LogP contribution in [0.15, 0.2) is 60.3 Å². The van der Waals surface area contributed by atoms with Crippen molar-refractivity contribution in [2.45, 2.75) is 45.5 Å². The summed E-state index contributed by atoms with van der Waals surface area (Å²) >= 11 is 1.33. The lowest BCUT2D eigenvalue weighted by molar-refractivity contribution is -0.113. The van der Waals surface area contributed by atoms with Crippen LogP contribution in [-0.2, 0) is 24.4 Å². The van der Waals surface area contributed by atoms with E-state index in [0.717, 1.165) is 23.2 Å². The molecule has 3 aromatic rings. The van der Waals surface area contributed by atoms with Crippen molar-refractivity contribution in [1.29, 1.82) is 0 Å². The summed E-state index contributed by atoms with van der Waals surface area (Å²) in [7, 11) is 0. The molecule has 1 amide bonds. The fourth-order valence-corrected chi connectivity index (χ4v) is 4.02. The van der Waals surface area contributed by atoms with Gasteiger partial charge in [0, 0.05) is 12.2 Å². The van der Waals surface area contributed by atoms with Crippen molar-refractivity contribution in [2.24, 2.45) is 0 Å². The number of aryl methyl sites for hydroxylation is 2. The fourth-order valence-electron chi connectivity index (χ4n) is 3.26. The standard InChI is InChI=1S/C25H30N4O3S/c1-5-14-29-23(16-32-21-13-12-18(4)15-22(21)31-7-3)27-28-25(29)33-17-24(30)26-20-11-9-8-10-19(20)6-2/h5,8-13,15H,1,6-7,14,16-17H2,2-4H3,(H,26,30). The molecular weight excluding hydrogens is 436 g/mol. The number of amides is 1.